The van der Waals surface area contributed by atoms with Crippen molar-refractivity contribution in [1.29, 1.82) is 0 Å². The summed E-state index contributed by atoms with van der Waals surface area (Å²) < 4.78 is 1.44. The molecule has 1 heteroatoms. The van der Waals surface area contributed by atoms with Gasteiger partial charge in [-0.2, -0.15) is 0 Å². The maximum atomic E-state index is 5.20. The molecule has 0 spiro atoms. The van der Waals surface area contributed by atoms with E-state index in [2.05, 4.69) is 26.7 Å². The Hall–Kier alpha value is 0.118. The van der Waals surface area contributed by atoms with Crippen LogP contribution in [0, 0.1) is 12.3 Å². The van der Waals surface area contributed by atoms with Crippen molar-refractivity contribution in [2.75, 3.05) is 0 Å². The van der Waals surface area contributed by atoms with Crippen molar-refractivity contribution in [3.05, 3.63) is 0 Å². The van der Waals surface area contributed by atoms with Crippen LogP contribution < -0.4 is 0 Å². The first kappa shape index (κ1) is 8.12. The molecule has 0 aliphatic heterocycles. The van der Waals surface area contributed by atoms with Crippen LogP contribution in [0.2, 0.25) is 9.41 Å². The molecule has 0 aromatic rings. The van der Waals surface area contributed by atoms with Crippen LogP contribution in [0.25, 0.3) is 0 Å². The van der Waals surface area contributed by atoms with E-state index in [4.69, 9.17) is 6.42 Å². The van der Waals surface area contributed by atoms with Gasteiger partial charge in [0.15, 0.2) is 0 Å². The Labute approximate surface area is 58.7 Å². The van der Waals surface area contributed by atoms with Crippen molar-refractivity contribution >= 4 is 15.8 Å². The molecule has 0 bridgehead atoms. The molecule has 46 valence electrons. The molecule has 0 aromatic carbocycles. The fourth-order valence-corrected chi connectivity index (χ4v) is 2.85. The van der Waals surface area contributed by atoms with Crippen LogP contribution in [0.5, 0.6) is 0 Å². The Bertz CT molecular complexity index is 89.1. The van der Waals surface area contributed by atoms with E-state index >= 15 is 0 Å². The molecule has 0 N–H and O–H groups in total. The molecule has 0 fully saturated rings. The Balaban J connectivity index is 3.28. The molecule has 0 saturated heterocycles. The van der Waals surface area contributed by atoms with Gasteiger partial charge < -0.3 is 0 Å². The van der Waals surface area contributed by atoms with E-state index in [-0.39, 0.29) is 15.8 Å². The first-order chi connectivity index (χ1) is 3.66. The maximum absolute atomic E-state index is 5.20. The summed E-state index contributed by atoms with van der Waals surface area (Å²) in [4.78, 5) is 0. The topological polar surface area (TPSA) is 0 Å². The minimum atomic E-state index is 0.146. The monoisotopic (exact) mass is 172 g/mol. The van der Waals surface area contributed by atoms with Crippen molar-refractivity contribution in [3.63, 3.8) is 0 Å². The molecule has 8 heavy (non-hydrogen) atoms. The molecule has 0 saturated carbocycles. The van der Waals surface area contributed by atoms with E-state index < -0.39 is 0 Å². The van der Waals surface area contributed by atoms with Gasteiger partial charge in [0, 0.05) is 0 Å². The second-order valence-electron chi connectivity index (χ2n) is 2.21. The number of hydrogen-bond donors (Lipinski definition) is 0. The van der Waals surface area contributed by atoms with Crippen LogP contribution in [0.4, 0.5) is 0 Å². The third-order valence-corrected chi connectivity index (χ3v) is 3.63. The Morgan fingerprint density at radius 3 is 2.00 bits per heavy atom. The zero-order valence-corrected chi connectivity index (χ0v) is 7.83. The van der Waals surface area contributed by atoms with Crippen molar-refractivity contribution in [1.82, 2.24) is 0 Å². The van der Waals surface area contributed by atoms with Crippen molar-refractivity contribution in [2.24, 2.45) is 0 Å². The van der Waals surface area contributed by atoms with Gasteiger partial charge in [-0.15, -0.1) is 0 Å². The molecule has 0 amide bonds. The summed E-state index contributed by atoms with van der Waals surface area (Å²) in [7, 11) is 0. The van der Waals surface area contributed by atoms with Crippen molar-refractivity contribution in [3.8, 4) is 12.3 Å². The van der Waals surface area contributed by atoms with E-state index in [0.29, 0.717) is 4.71 Å². The number of rotatable bonds is 2. The molecule has 2 unspecified atom stereocenters. The summed E-state index contributed by atoms with van der Waals surface area (Å²) in [5, 5.41) is 0. The Morgan fingerprint density at radius 1 is 1.38 bits per heavy atom. The van der Waals surface area contributed by atoms with Gasteiger partial charge in [0.1, 0.15) is 0 Å². The van der Waals surface area contributed by atoms with Crippen molar-refractivity contribution < 1.29 is 0 Å². The Kier molecular flexibility index (Phi) is 4.10. The van der Waals surface area contributed by atoms with Crippen LogP contribution in [-0.2, 0) is 0 Å². The van der Waals surface area contributed by atoms with E-state index in [1.165, 1.54) is 0 Å². The Morgan fingerprint density at radius 2 is 1.88 bits per heavy atom. The second kappa shape index (κ2) is 4.04. The summed E-state index contributed by atoms with van der Waals surface area (Å²) in [6.07, 6.45) is 5.20. The molecule has 0 rings (SSSR count). The number of hydrogen-bond acceptors (Lipinski definition) is 0. The van der Waals surface area contributed by atoms with Crippen LogP contribution in [0.3, 0.4) is 0 Å². The third kappa shape index (κ3) is 4.28. The average Bonchev–Trinajstić information content (AvgIpc) is 1.65. The summed E-state index contributed by atoms with van der Waals surface area (Å²) in [6.45, 7) is 6.63. The van der Waals surface area contributed by atoms with Crippen LogP contribution in [-0.4, -0.2) is 15.8 Å². The molecule has 0 nitrogen and oxygen atoms in total. The van der Waals surface area contributed by atoms with Gasteiger partial charge in [0.2, 0.25) is 0 Å². The van der Waals surface area contributed by atoms with E-state index in [9.17, 15) is 0 Å². The summed E-state index contributed by atoms with van der Waals surface area (Å²) in [6, 6.07) is 0. The molecule has 0 aliphatic carbocycles. The molecule has 0 aliphatic rings. The standard InChI is InChI=1S/C7H13As/c1-5-7(4)8-6(2)3/h1,6-8H,2-4H3. The van der Waals surface area contributed by atoms with Gasteiger partial charge in [0.25, 0.3) is 0 Å². The molecule has 0 radical (unpaired) electrons. The van der Waals surface area contributed by atoms with Crippen LogP contribution in [0.1, 0.15) is 20.8 Å². The SMILES string of the molecule is C#CC(C)[AsH]C(C)C. The normalized spacial score (nSPS) is 14.9. The molecular weight excluding hydrogens is 159 g/mol. The predicted octanol–water partition coefficient (Wildman–Crippen LogP) is 1.69. The summed E-state index contributed by atoms with van der Waals surface area (Å²) in [5.41, 5.74) is 0. The van der Waals surface area contributed by atoms with Crippen LogP contribution >= 0.6 is 0 Å². The van der Waals surface area contributed by atoms with Gasteiger partial charge in [-0.05, 0) is 0 Å². The van der Waals surface area contributed by atoms with Gasteiger partial charge in [-0.25, -0.2) is 0 Å². The zero-order valence-electron chi connectivity index (χ0n) is 5.73. The van der Waals surface area contributed by atoms with Crippen LogP contribution in [0.15, 0.2) is 0 Å². The predicted molar refractivity (Wildman–Crippen MR) is 40.5 cm³/mol. The van der Waals surface area contributed by atoms with Gasteiger partial charge in [-0.1, -0.05) is 0 Å². The third-order valence-electron chi connectivity index (χ3n) is 0.833. The molecule has 0 aromatic heterocycles. The first-order valence-corrected chi connectivity index (χ1v) is 5.31. The van der Waals surface area contributed by atoms with Gasteiger partial charge in [0.05, 0.1) is 0 Å². The first-order valence-electron chi connectivity index (χ1n) is 2.89. The quantitative estimate of drug-likeness (QED) is 0.439. The van der Waals surface area contributed by atoms with Crippen molar-refractivity contribution in [2.45, 2.75) is 30.2 Å². The molecule has 0 heterocycles. The fourth-order valence-electron chi connectivity index (χ4n) is 0.548. The average molecular weight is 172 g/mol. The minimum absolute atomic E-state index is 0.146. The van der Waals surface area contributed by atoms with E-state index in [0.717, 1.165) is 4.71 Å². The van der Waals surface area contributed by atoms with Gasteiger partial charge in [-0.3, -0.25) is 0 Å². The molecular formula is C7H13As. The summed E-state index contributed by atoms with van der Waals surface area (Å²) >= 11 is 0.146. The number of terminal acetylenes is 1. The van der Waals surface area contributed by atoms with E-state index in [1.54, 1.807) is 0 Å². The zero-order chi connectivity index (χ0) is 6.57. The molecule has 2 atom stereocenters. The van der Waals surface area contributed by atoms with E-state index in [1.807, 2.05) is 0 Å². The second-order valence-corrected chi connectivity index (χ2v) is 7.15. The summed E-state index contributed by atoms with van der Waals surface area (Å²) in [5.74, 6) is 2.75. The van der Waals surface area contributed by atoms with Gasteiger partial charge >= 0.3 is 58.3 Å². The fraction of sp³-hybridized carbons (Fsp3) is 0.714.